The second-order valence-corrected chi connectivity index (χ2v) is 5.55. The first-order valence-electron chi connectivity index (χ1n) is 5.59. The van der Waals surface area contributed by atoms with Gasteiger partial charge in [-0.25, -0.2) is 0 Å². The molecule has 96 valence electrons. The van der Waals surface area contributed by atoms with Crippen LogP contribution < -0.4 is 15.8 Å². The minimum absolute atomic E-state index is 0.0795. The highest BCUT2D eigenvalue weighted by Crippen LogP contribution is 2.29. The van der Waals surface area contributed by atoms with Gasteiger partial charge in [0, 0.05) is 17.1 Å². The van der Waals surface area contributed by atoms with Crippen LogP contribution in [0.3, 0.4) is 0 Å². The lowest BCUT2D eigenvalue weighted by Gasteiger charge is -2.16. The van der Waals surface area contributed by atoms with Crippen LogP contribution in [0.4, 0.5) is 5.69 Å². The van der Waals surface area contributed by atoms with E-state index in [1.807, 2.05) is 36.4 Å². The number of thiophene rings is 1. The lowest BCUT2D eigenvalue weighted by Crippen LogP contribution is -2.19. The van der Waals surface area contributed by atoms with Gasteiger partial charge in [-0.2, -0.15) is 0 Å². The molecule has 3 N–H and O–H groups in total. The summed E-state index contributed by atoms with van der Waals surface area (Å²) in [6.45, 7) is 0.517. The van der Waals surface area contributed by atoms with Crippen LogP contribution in [0, 0.1) is 0 Å². The first-order valence-corrected chi connectivity index (χ1v) is 6.78. The molecular formula is C13H15ClN2OS. The molecule has 1 aromatic carbocycles. The number of methoxy groups -OCH3 is 1. The van der Waals surface area contributed by atoms with Gasteiger partial charge in [-0.3, -0.25) is 0 Å². The van der Waals surface area contributed by atoms with Gasteiger partial charge in [-0.15, -0.1) is 11.3 Å². The van der Waals surface area contributed by atoms with Crippen LogP contribution in [0.5, 0.6) is 5.75 Å². The fourth-order valence-corrected chi connectivity index (χ4v) is 2.78. The first-order chi connectivity index (χ1) is 8.72. The lowest BCUT2D eigenvalue weighted by atomic mass is 10.2. The number of benzene rings is 1. The van der Waals surface area contributed by atoms with E-state index in [0.29, 0.717) is 6.54 Å². The van der Waals surface area contributed by atoms with Crippen molar-refractivity contribution in [2.24, 2.45) is 5.73 Å². The molecule has 5 heteroatoms. The van der Waals surface area contributed by atoms with Crippen LogP contribution >= 0.6 is 22.9 Å². The largest absolute Gasteiger partial charge is 0.497 e. The normalized spacial score (nSPS) is 12.2. The molecule has 1 unspecified atom stereocenters. The van der Waals surface area contributed by atoms with Gasteiger partial charge >= 0.3 is 0 Å². The minimum atomic E-state index is 0.0795. The molecule has 0 aliphatic carbocycles. The van der Waals surface area contributed by atoms with E-state index in [0.717, 1.165) is 20.7 Å². The SMILES string of the molecule is COc1ccc(NC(CN)c2ccc(Cl)s2)cc1. The Bertz CT molecular complexity index is 498. The Morgan fingerprint density at radius 2 is 2.00 bits per heavy atom. The zero-order valence-electron chi connectivity index (χ0n) is 10.0. The van der Waals surface area contributed by atoms with E-state index in [1.54, 1.807) is 18.4 Å². The lowest BCUT2D eigenvalue weighted by molar-refractivity contribution is 0.415. The predicted octanol–water partition coefficient (Wildman–Crippen LogP) is 3.52. The van der Waals surface area contributed by atoms with Crippen LogP contribution in [0.1, 0.15) is 10.9 Å². The van der Waals surface area contributed by atoms with E-state index in [-0.39, 0.29) is 6.04 Å². The van der Waals surface area contributed by atoms with Gasteiger partial charge in [-0.1, -0.05) is 11.6 Å². The van der Waals surface area contributed by atoms with Crippen molar-refractivity contribution in [3.05, 3.63) is 45.6 Å². The summed E-state index contributed by atoms with van der Waals surface area (Å²) in [5.41, 5.74) is 6.80. The van der Waals surface area contributed by atoms with Crippen molar-refractivity contribution in [3.8, 4) is 5.75 Å². The van der Waals surface area contributed by atoms with E-state index in [9.17, 15) is 0 Å². The number of halogens is 1. The molecule has 1 atom stereocenters. The van der Waals surface area contributed by atoms with Gasteiger partial charge in [0.25, 0.3) is 0 Å². The molecule has 0 fully saturated rings. The van der Waals surface area contributed by atoms with Gasteiger partial charge in [0.05, 0.1) is 17.5 Å². The number of ether oxygens (including phenoxy) is 1. The van der Waals surface area contributed by atoms with E-state index in [4.69, 9.17) is 22.1 Å². The summed E-state index contributed by atoms with van der Waals surface area (Å²) < 4.78 is 5.90. The van der Waals surface area contributed by atoms with Crippen LogP contribution in [-0.2, 0) is 0 Å². The Morgan fingerprint density at radius 1 is 1.28 bits per heavy atom. The standard InChI is InChI=1S/C13H15ClN2OS/c1-17-10-4-2-9(3-5-10)16-11(8-15)12-6-7-13(14)18-12/h2-7,11,16H,8,15H2,1H3. The topological polar surface area (TPSA) is 47.3 Å². The van der Waals surface area contributed by atoms with E-state index in [2.05, 4.69) is 5.32 Å². The maximum absolute atomic E-state index is 5.94. The molecule has 0 spiro atoms. The molecular weight excluding hydrogens is 268 g/mol. The third-order valence-corrected chi connectivity index (χ3v) is 3.95. The molecule has 2 aromatic rings. The second-order valence-electron chi connectivity index (χ2n) is 3.80. The summed E-state index contributed by atoms with van der Waals surface area (Å²) in [6.07, 6.45) is 0. The van der Waals surface area contributed by atoms with E-state index >= 15 is 0 Å². The molecule has 1 heterocycles. The Hall–Kier alpha value is -1.23. The molecule has 0 radical (unpaired) electrons. The molecule has 2 rings (SSSR count). The molecule has 18 heavy (non-hydrogen) atoms. The summed E-state index contributed by atoms with van der Waals surface area (Å²) in [5.74, 6) is 0.837. The quantitative estimate of drug-likeness (QED) is 0.882. The van der Waals surface area contributed by atoms with Crippen molar-refractivity contribution in [1.29, 1.82) is 0 Å². The number of rotatable bonds is 5. The maximum Gasteiger partial charge on any atom is 0.119 e. The molecule has 0 bridgehead atoms. The molecule has 0 amide bonds. The molecule has 0 aliphatic heterocycles. The fourth-order valence-electron chi connectivity index (χ4n) is 1.65. The Labute approximate surface area is 116 Å². The zero-order chi connectivity index (χ0) is 13.0. The van der Waals surface area contributed by atoms with Gasteiger partial charge < -0.3 is 15.8 Å². The molecule has 1 aromatic heterocycles. The van der Waals surface area contributed by atoms with Gasteiger partial charge in [0.2, 0.25) is 0 Å². The van der Waals surface area contributed by atoms with Gasteiger partial charge in [0.1, 0.15) is 5.75 Å². The van der Waals surface area contributed by atoms with Crippen LogP contribution in [-0.4, -0.2) is 13.7 Å². The van der Waals surface area contributed by atoms with Crippen molar-refractivity contribution in [1.82, 2.24) is 0 Å². The molecule has 3 nitrogen and oxygen atoms in total. The average molecular weight is 283 g/mol. The predicted molar refractivity (Wildman–Crippen MR) is 77.7 cm³/mol. The summed E-state index contributed by atoms with van der Waals surface area (Å²) in [7, 11) is 1.65. The van der Waals surface area contributed by atoms with Crippen molar-refractivity contribution >= 4 is 28.6 Å². The molecule has 0 saturated heterocycles. The molecule has 0 saturated carbocycles. The second kappa shape index (κ2) is 6.09. The number of nitrogens with two attached hydrogens (primary N) is 1. The summed E-state index contributed by atoms with van der Waals surface area (Å²) >= 11 is 7.48. The highest BCUT2D eigenvalue weighted by molar-refractivity contribution is 7.16. The number of nitrogens with one attached hydrogen (secondary N) is 1. The third kappa shape index (κ3) is 3.16. The van der Waals surface area contributed by atoms with Gasteiger partial charge in [-0.05, 0) is 36.4 Å². The average Bonchev–Trinajstić information content (AvgIpc) is 2.83. The Kier molecular flexibility index (Phi) is 4.47. The highest BCUT2D eigenvalue weighted by Gasteiger charge is 2.11. The number of anilines is 1. The maximum atomic E-state index is 5.94. The van der Waals surface area contributed by atoms with E-state index in [1.165, 1.54) is 0 Å². The van der Waals surface area contributed by atoms with Crippen molar-refractivity contribution < 1.29 is 4.74 Å². The molecule has 0 aliphatic rings. The van der Waals surface area contributed by atoms with E-state index < -0.39 is 0 Å². The van der Waals surface area contributed by atoms with Crippen molar-refractivity contribution in [2.75, 3.05) is 19.0 Å². The monoisotopic (exact) mass is 282 g/mol. The van der Waals surface area contributed by atoms with Crippen LogP contribution in [0.15, 0.2) is 36.4 Å². The van der Waals surface area contributed by atoms with Crippen molar-refractivity contribution in [2.45, 2.75) is 6.04 Å². The minimum Gasteiger partial charge on any atom is -0.497 e. The summed E-state index contributed by atoms with van der Waals surface area (Å²) in [4.78, 5) is 1.14. The number of hydrogen-bond acceptors (Lipinski definition) is 4. The summed E-state index contributed by atoms with van der Waals surface area (Å²) in [6, 6.07) is 11.7. The van der Waals surface area contributed by atoms with Crippen molar-refractivity contribution in [3.63, 3.8) is 0 Å². The van der Waals surface area contributed by atoms with Crippen LogP contribution in [0.25, 0.3) is 0 Å². The highest BCUT2D eigenvalue weighted by atomic mass is 35.5. The van der Waals surface area contributed by atoms with Crippen LogP contribution in [0.2, 0.25) is 4.34 Å². The Morgan fingerprint density at radius 3 is 2.50 bits per heavy atom. The smallest absolute Gasteiger partial charge is 0.119 e. The number of hydrogen-bond donors (Lipinski definition) is 2. The summed E-state index contributed by atoms with van der Waals surface area (Å²) in [5, 5.41) is 3.38. The third-order valence-electron chi connectivity index (χ3n) is 2.60. The van der Waals surface area contributed by atoms with Gasteiger partial charge in [0.15, 0.2) is 0 Å². The Balaban J connectivity index is 2.10. The first kappa shape index (κ1) is 13.2. The fraction of sp³-hybridized carbons (Fsp3) is 0.231. The zero-order valence-corrected chi connectivity index (χ0v) is 11.6.